The van der Waals surface area contributed by atoms with Gasteiger partial charge in [-0.1, -0.05) is 48.5 Å². The van der Waals surface area contributed by atoms with Gasteiger partial charge < -0.3 is 14.2 Å². The molecule has 1 fully saturated rings. The molecular formula is C30H36ClNO3. The summed E-state index contributed by atoms with van der Waals surface area (Å²) in [6.07, 6.45) is 2.62. The Bertz CT molecular complexity index is 1090. The number of nitrogens with zero attached hydrogens (tertiary/aromatic N) is 1. The number of fused-ring (bicyclic) bond motifs is 1. The lowest BCUT2D eigenvalue weighted by Crippen LogP contribution is -2.43. The van der Waals surface area contributed by atoms with Gasteiger partial charge in [-0.3, -0.25) is 4.90 Å². The average Bonchev–Trinajstić information content (AvgIpc) is 3.37. The summed E-state index contributed by atoms with van der Waals surface area (Å²) in [6, 6.07) is 25.6. The van der Waals surface area contributed by atoms with Crippen molar-refractivity contribution in [3.63, 3.8) is 0 Å². The smallest absolute Gasteiger partial charge is 0.127 e. The summed E-state index contributed by atoms with van der Waals surface area (Å²) in [5.74, 6) is 2.96. The van der Waals surface area contributed by atoms with Crippen LogP contribution in [0.3, 0.4) is 0 Å². The topological polar surface area (TPSA) is 30.9 Å². The standard InChI is InChI=1S/C30H35NO3.ClH/c1-30(2)29(23-9-5-4-6-10-23)28(26-16-15-25(32-3)21-27(26)34-30)22-11-13-24(14-12-22)33-20-19-31-17-7-8-18-31;/h4-6,9-16,21,28-29H,7-8,17-20H2,1-3H3;1H. The summed E-state index contributed by atoms with van der Waals surface area (Å²) in [5, 5.41) is 0. The molecule has 1 saturated heterocycles. The van der Waals surface area contributed by atoms with E-state index in [2.05, 4.69) is 79.4 Å². The Hall–Kier alpha value is -2.69. The zero-order valence-corrected chi connectivity index (χ0v) is 21.7. The molecule has 0 bridgehead atoms. The third-order valence-corrected chi connectivity index (χ3v) is 7.28. The highest BCUT2D eigenvalue weighted by molar-refractivity contribution is 5.85. The SMILES string of the molecule is COc1ccc2c(c1)OC(C)(C)C(c1ccccc1)C2c1ccc(OCCN2CCCC2)cc1.Cl. The Kier molecular flexibility index (Phi) is 7.93. The fourth-order valence-electron chi connectivity index (χ4n) is 5.61. The molecule has 5 heteroatoms. The molecule has 2 unspecified atom stereocenters. The van der Waals surface area contributed by atoms with Crippen molar-refractivity contribution in [2.75, 3.05) is 33.4 Å². The number of rotatable bonds is 7. The van der Waals surface area contributed by atoms with Crippen molar-refractivity contribution in [2.45, 2.75) is 44.1 Å². The van der Waals surface area contributed by atoms with Crippen LogP contribution in [0.4, 0.5) is 0 Å². The van der Waals surface area contributed by atoms with Gasteiger partial charge in [-0.25, -0.2) is 0 Å². The zero-order chi connectivity index (χ0) is 23.5. The molecule has 3 aromatic carbocycles. The first-order valence-corrected chi connectivity index (χ1v) is 12.4. The van der Waals surface area contributed by atoms with Crippen molar-refractivity contribution in [3.05, 3.63) is 89.5 Å². The van der Waals surface area contributed by atoms with Gasteiger partial charge in [-0.15, -0.1) is 12.4 Å². The molecule has 2 atom stereocenters. The van der Waals surface area contributed by atoms with Crippen LogP contribution in [0, 0.1) is 0 Å². The maximum absolute atomic E-state index is 6.60. The van der Waals surface area contributed by atoms with Crippen molar-refractivity contribution >= 4 is 12.4 Å². The first-order chi connectivity index (χ1) is 16.5. The summed E-state index contributed by atoms with van der Waals surface area (Å²) in [6.45, 7) is 8.52. The summed E-state index contributed by atoms with van der Waals surface area (Å²) >= 11 is 0. The Morgan fingerprint density at radius 1 is 0.886 bits per heavy atom. The molecular weight excluding hydrogens is 458 g/mol. The summed E-state index contributed by atoms with van der Waals surface area (Å²) in [7, 11) is 1.70. The first kappa shape index (κ1) is 25.4. The van der Waals surface area contributed by atoms with E-state index in [1.165, 1.54) is 42.6 Å². The highest BCUT2D eigenvalue weighted by Gasteiger charge is 2.45. The number of hydrogen-bond acceptors (Lipinski definition) is 4. The molecule has 0 aromatic heterocycles. The largest absolute Gasteiger partial charge is 0.497 e. The predicted octanol–water partition coefficient (Wildman–Crippen LogP) is 6.68. The van der Waals surface area contributed by atoms with Gasteiger partial charge in [0, 0.05) is 30.0 Å². The minimum absolute atomic E-state index is 0. The number of hydrogen-bond donors (Lipinski definition) is 0. The van der Waals surface area contributed by atoms with E-state index in [1.807, 2.05) is 12.1 Å². The van der Waals surface area contributed by atoms with E-state index < -0.39 is 5.60 Å². The van der Waals surface area contributed by atoms with Gasteiger partial charge in [-0.05, 0) is 69.1 Å². The Morgan fingerprint density at radius 2 is 1.57 bits per heavy atom. The van der Waals surface area contributed by atoms with Crippen LogP contribution in [0.1, 0.15) is 55.2 Å². The molecule has 2 aliphatic rings. The van der Waals surface area contributed by atoms with Crippen molar-refractivity contribution < 1.29 is 14.2 Å². The van der Waals surface area contributed by atoms with E-state index in [-0.39, 0.29) is 24.2 Å². The van der Waals surface area contributed by atoms with E-state index >= 15 is 0 Å². The van der Waals surface area contributed by atoms with E-state index in [9.17, 15) is 0 Å². The van der Waals surface area contributed by atoms with Crippen molar-refractivity contribution in [3.8, 4) is 17.2 Å². The normalized spacial score (nSPS) is 20.9. The van der Waals surface area contributed by atoms with Crippen LogP contribution in [-0.4, -0.2) is 43.9 Å². The fourth-order valence-corrected chi connectivity index (χ4v) is 5.61. The van der Waals surface area contributed by atoms with Crippen LogP contribution < -0.4 is 14.2 Å². The van der Waals surface area contributed by atoms with Gasteiger partial charge in [-0.2, -0.15) is 0 Å². The second-order valence-electron chi connectivity index (χ2n) is 9.94. The molecule has 0 amide bonds. The third-order valence-electron chi connectivity index (χ3n) is 7.28. The molecule has 0 saturated carbocycles. The van der Waals surface area contributed by atoms with Crippen LogP contribution in [-0.2, 0) is 0 Å². The second kappa shape index (κ2) is 10.9. The van der Waals surface area contributed by atoms with Crippen LogP contribution in [0.15, 0.2) is 72.8 Å². The van der Waals surface area contributed by atoms with E-state index in [0.29, 0.717) is 0 Å². The van der Waals surface area contributed by atoms with Gasteiger partial charge in [0.25, 0.3) is 0 Å². The molecule has 35 heavy (non-hydrogen) atoms. The number of halogens is 1. The highest BCUT2D eigenvalue weighted by atomic mass is 35.5. The van der Waals surface area contributed by atoms with Crippen LogP contribution >= 0.6 is 12.4 Å². The monoisotopic (exact) mass is 493 g/mol. The minimum Gasteiger partial charge on any atom is -0.497 e. The summed E-state index contributed by atoms with van der Waals surface area (Å²) in [5.41, 5.74) is 3.35. The number of benzene rings is 3. The third kappa shape index (κ3) is 5.44. The first-order valence-electron chi connectivity index (χ1n) is 12.4. The molecule has 0 N–H and O–H groups in total. The predicted molar refractivity (Wildman–Crippen MR) is 144 cm³/mol. The lowest BCUT2D eigenvalue weighted by Gasteiger charge is -2.45. The van der Waals surface area contributed by atoms with Gasteiger partial charge in [0.15, 0.2) is 0 Å². The Labute approximate surface area is 215 Å². The van der Waals surface area contributed by atoms with E-state index in [1.54, 1.807) is 7.11 Å². The molecule has 0 radical (unpaired) electrons. The molecule has 2 aliphatic heterocycles. The molecule has 4 nitrogen and oxygen atoms in total. The van der Waals surface area contributed by atoms with Gasteiger partial charge in [0.2, 0.25) is 0 Å². The molecule has 186 valence electrons. The number of methoxy groups -OCH3 is 1. The van der Waals surface area contributed by atoms with Crippen LogP contribution in [0.2, 0.25) is 0 Å². The fraction of sp³-hybridized carbons (Fsp3) is 0.400. The lowest BCUT2D eigenvalue weighted by atomic mass is 9.68. The number of likely N-dealkylation sites (tertiary alicyclic amines) is 1. The summed E-state index contributed by atoms with van der Waals surface area (Å²) < 4.78 is 18.2. The zero-order valence-electron chi connectivity index (χ0n) is 20.9. The van der Waals surface area contributed by atoms with Gasteiger partial charge >= 0.3 is 0 Å². The Balaban J connectivity index is 0.00000289. The van der Waals surface area contributed by atoms with Gasteiger partial charge in [0.05, 0.1) is 7.11 Å². The van der Waals surface area contributed by atoms with E-state index in [0.717, 1.165) is 30.4 Å². The molecule has 0 aliphatic carbocycles. The van der Waals surface area contributed by atoms with Crippen molar-refractivity contribution in [2.24, 2.45) is 0 Å². The van der Waals surface area contributed by atoms with Gasteiger partial charge in [0.1, 0.15) is 29.5 Å². The molecule has 0 spiro atoms. The van der Waals surface area contributed by atoms with Crippen molar-refractivity contribution in [1.82, 2.24) is 4.90 Å². The van der Waals surface area contributed by atoms with Crippen molar-refractivity contribution in [1.29, 1.82) is 0 Å². The average molecular weight is 494 g/mol. The van der Waals surface area contributed by atoms with Crippen LogP contribution in [0.25, 0.3) is 0 Å². The maximum Gasteiger partial charge on any atom is 0.127 e. The Morgan fingerprint density at radius 3 is 2.26 bits per heavy atom. The second-order valence-corrected chi connectivity index (χ2v) is 9.94. The minimum atomic E-state index is -0.393. The molecule has 2 heterocycles. The van der Waals surface area contributed by atoms with Crippen LogP contribution in [0.5, 0.6) is 17.2 Å². The highest BCUT2D eigenvalue weighted by Crippen LogP contribution is 2.53. The molecule has 5 rings (SSSR count). The summed E-state index contributed by atoms with van der Waals surface area (Å²) in [4.78, 5) is 2.48. The number of ether oxygens (including phenoxy) is 3. The quantitative estimate of drug-likeness (QED) is 0.367. The lowest BCUT2D eigenvalue weighted by molar-refractivity contribution is 0.0528. The molecule has 3 aromatic rings. The van der Waals surface area contributed by atoms with E-state index in [4.69, 9.17) is 14.2 Å². The maximum atomic E-state index is 6.60.